The summed E-state index contributed by atoms with van der Waals surface area (Å²) >= 11 is 1.77. The summed E-state index contributed by atoms with van der Waals surface area (Å²) in [6.45, 7) is 0. The molecule has 0 aliphatic heterocycles. The maximum atomic E-state index is 5.76. The van der Waals surface area contributed by atoms with Crippen LogP contribution in [0.3, 0.4) is 0 Å². The van der Waals surface area contributed by atoms with Crippen molar-refractivity contribution in [3.05, 3.63) is 53.2 Å². The van der Waals surface area contributed by atoms with Crippen LogP contribution in [0.1, 0.15) is 23.6 Å². The maximum Gasteiger partial charge on any atom is 0.0521 e. The monoisotopic (exact) mass is 286 g/mol. The number of thiophene rings is 1. The second kappa shape index (κ2) is 5.75. The predicted octanol–water partition coefficient (Wildman–Crippen LogP) is 2.77. The first-order chi connectivity index (χ1) is 9.78. The summed E-state index contributed by atoms with van der Waals surface area (Å²) < 4.78 is 3.14. The van der Waals surface area contributed by atoms with E-state index in [1.807, 2.05) is 17.9 Å². The fraction of sp³-hybridized carbons (Fsp3) is 0.267. The van der Waals surface area contributed by atoms with Crippen molar-refractivity contribution < 1.29 is 0 Å². The average molecular weight is 286 g/mol. The summed E-state index contributed by atoms with van der Waals surface area (Å²) in [4.78, 5) is 0. The average Bonchev–Trinajstić information content (AvgIpc) is 3.07. The Kier molecular flexibility index (Phi) is 3.82. The van der Waals surface area contributed by atoms with Crippen LogP contribution >= 0.6 is 11.3 Å². The lowest BCUT2D eigenvalue weighted by Gasteiger charge is -2.15. The Hall–Kier alpha value is -1.69. The van der Waals surface area contributed by atoms with Gasteiger partial charge in [0.1, 0.15) is 0 Å². The minimum absolute atomic E-state index is 0.173. The molecule has 0 amide bonds. The number of fused-ring (bicyclic) bond motifs is 1. The van der Waals surface area contributed by atoms with Crippen LogP contribution in [0.15, 0.2) is 42.0 Å². The van der Waals surface area contributed by atoms with Gasteiger partial charge in [-0.2, -0.15) is 5.10 Å². The van der Waals surface area contributed by atoms with Crippen LogP contribution in [0, 0.1) is 0 Å². The molecule has 3 aromatic rings. The number of hydrazine groups is 1. The summed E-state index contributed by atoms with van der Waals surface area (Å²) in [6, 6.07) is 8.64. The van der Waals surface area contributed by atoms with Crippen LogP contribution < -0.4 is 11.3 Å². The zero-order valence-electron chi connectivity index (χ0n) is 11.4. The van der Waals surface area contributed by atoms with Crippen molar-refractivity contribution in [2.75, 3.05) is 0 Å². The maximum absolute atomic E-state index is 5.76. The molecule has 20 heavy (non-hydrogen) atoms. The number of hydrogen-bond donors (Lipinski definition) is 2. The van der Waals surface area contributed by atoms with Crippen molar-refractivity contribution in [2.24, 2.45) is 12.9 Å². The van der Waals surface area contributed by atoms with Crippen LogP contribution in [0.5, 0.6) is 0 Å². The topological polar surface area (TPSA) is 55.9 Å². The van der Waals surface area contributed by atoms with E-state index in [4.69, 9.17) is 5.84 Å². The van der Waals surface area contributed by atoms with Crippen molar-refractivity contribution in [3.63, 3.8) is 0 Å². The Labute approximate surface area is 122 Å². The lowest BCUT2D eigenvalue weighted by Crippen LogP contribution is -2.28. The molecule has 1 unspecified atom stereocenters. The molecule has 3 N–H and O–H groups in total. The molecule has 4 nitrogen and oxygen atoms in total. The lowest BCUT2D eigenvalue weighted by molar-refractivity contribution is 0.520. The number of aryl methyl sites for hydroxylation is 2. The van der Waals surface area contributed by atoms with E-state index in [1.165, 1.54) is 21.2 Å². The second-order valence-corrected chi connectivity index (χ2v) is 5.88. The van der Waals surface area contributed by atoms with Crippen LogP contribution in [0.2, 0.25) is 0 Å². The van der Waals surface area contributed by atoms with E-state index in [-0.39, 0.29) is 6.04 Å². The first-order valence-corrected chi connectivity index (χ1v) is 7.55. The van der Waals surface area contributed by atoms with Crippen LogP contribution in [0.4, 0.5) is 0 Å². The Morgan fingerprint density at radius 3 is 3.00 bits per heavy atom. The third-order valence-electron chi connectivity index (χ3n) is 3.57. The zero-order chi connectivity index (χ0) is 13.9. The van der Waals surface area contributed by atoms with Gasteiger partial charge >= 0.3 is 0 Å². The molecule has 0 fully saturated rings. The molecule has 0 spiro atoms. The van der Waals surface area contributed by atoms with Crippen molar-refractivity contribution in [1.29, 1.82) is 0 Å². The number of aromatic nitrogens is 2. The first kappa shape index (κ1) is 13.3. The van der Waals surface area contributed by atoms with Gasteiger partial charge in [0.2, 0.25) is 0 Å². The normalized spacial score (nSPS) is 12.9. The molecule has 2 heterocycles. The minimum atomic E-state index is 0.173. The Morgan fingerprint density at radius 1 is 1.40 bits per heavy atom. The van der Waals surface area contributed by atoms with Gasteiger partial charge in [-0.25, -0.2) is 0 Å². The molecular formula is C15H18N4S. The standard InChI is InChI=1S/C15H18N4S/c1-19-9-11(8-17-19)6-7-14(18-16)13-10-20-15-5-3-2-4-12(13)15/h2-5,8-10,14,18H,6-7,16H2,1H3. The number of nitrogens with two attached hydrogens (primary N) is 1. The van der Waals surface area contributed by atoms with E-state index < -0.39 is 0 Å². The second-order valence-electron chi connectivity index (χ2n) is 4.97. The van der Waals surface area contributed by atoms with Crippen LogP contribution in [-0.4, -0.2) is 9.78 Å². The van der Waals surface area contributed by atoms with Crippen LogP contribution in [0.25, 0.3) is 10.1 Å². The van der Waals surface area contributed by atoms with E-state index >= 15 is 0 Å². The number of benzene rings is 1. The smallest absolute Gasteiger partial charge is 0.0521 e. The van der Waals surface area contributed by atoms with Gasteiger partial charge in [-0.15, -0.1) is 11.3 Å². The molecule has 0 saturated carbocycles. The van der Waals surface area contributed by atoms with Gasteiger partial charge < -0.3 is 0 Å². The van der Waals surface area contributed by atoms with E-state index in [2.05, 4.69) is 46.4 Å². The quantitative estimate of drug-likeness (QED) is 0.560. The van der Waals surface area contributed by atoms with Gasteiger partial charge in [0, 0.05) is 24.0 Å². The van der Waals surface area contributed by atoms with Crippen molar-refractivity contribution >= 4 is 21.4 Å². The van der Waals surface area contributed by atoms with Gasteiger partial charge in [0.15, 0.2) is 0 Å². The lowest BCUT2D eigenvalue weighted by atomic mass is 10.0. The highest BCUT2D eigenvalue weighted by Crippen LogP contribution is 2.31. The molecule has 0 aliphatic rings. The number of nitrogens with one attached hydrogen (secondary N) is 1. The highest BCUT2D eigenvalue weighted by atomic mass is 32.1. The first-order valence-electron chi connectivity index (χ1n) is 6.67. The van der Waals surface area contributed by atoms with E-state index in [0.717, 1.165) is 12.8 Å². The molecule has 1 atom stereocenters. The summed E-state index contributed by atoms with van der Waals surface area (Å²) in [5, 5.41) is 7.70. The number of hydrogen-bond acceptors (Lipinski definition) is 4. The molecule has 1 aromatic carbocycles. The molecular weight excluding hydrogens is 268 g/mol. The van der Waals surface area contributed by atoms with E-state index in [0.29, 0.717) is 0 Å². The van der Waals surface area contributed by atoms with Crippen molar-refractivity contribution in [2.45, 2.75) is 18.9 Å². The van der Waals surface area contributed by atoms with Gasteiger partial charge in [-0.3, -0.25) is 16.0 Å². The third-order valence-corrected chi connectivity index (χ3v) is 4.55. The van der Waals surface area contributed by atoms with Gasteiger partial charge in [-0.05, 0) is 40.8 Å². The third kappa shape index (κ3) is 2.60. The molecule has 0 aliphatic carbocycles. The zero-order valence-corrected chi connectivity index (χ0v) is 12.2. The predicted molar refractivity (Wildman–Crippen MR) is 83.4 cm³/mol. The molecule has 3 rings (SSSR count). The summed E-state index contributed by atoms with van der Waals surface area (Å²) in [7, 11) is 1.94. The molecule has 0 radical (unpaired) electrons. The minimum Gasteiger partial charge on any atom is -0.276 e. The largest absolute Gasteiger partial charge is 0.276 e. The molecule has 2 aromatic heterocycles. The van der Waals surface area contributed by atoms with Crippen molar-refractivity contribution in [1.82, 2.24) is 15.2 Å². The summed E-state index contributed by atoms with van der Waals surface area (Å²) in [5.74, 6) is 5.76. The van der Waals surface area contributed by atoms with Crippen LogP contribution in [-0.2, 0) is 13.5 Å². The summed E-state index contributed by atoms with van der Waals surface area (Å²) in [6.07, 6.45) is 5.90. The highest BCUT2D eigenvalue weighted by molar-refractivity contribution is 7.17. The molecule has 104 valence electrons. The van der Waals surface area contributed by atoms with Crippen molar-refractivity contribution in [3.8, 4) is 0 Å². The molecule has 0 saturated heterocycles. The Balaban J connectivity index is 1.79. The Bertz CT molecular complexity index is 701. The Morgan fingerprint density at radius 2 is 2.25 bits per heavy atom. The molecule has 5 heteroatoms. The fourth-order valence-electron chi connectivity index (χ4n) is 2.51. The van der Waals surface area contributed by atoms with Gasteiger partial charge in [0.25, 0.3) is 0 Å². The SMILES string of the molecule is Cn1cc(CCC(NN)c2csc3ccccc23)cn1. The van der Waals surface area contributed by atoms with E-state index in [1.54, 1.807) is 11.3 Å². The van der Waals surface area contributed by atoms with Gasteiger partial charge in [0.05, 0.1) is 6.20 Å². The fourth-order valence-corrected chi connectivity index (χ4v) is 3.52. The van der Waals surface area contributed by atoms with E-state index in [9.17, 15) is 0 Å². The summed E-state index contributed by atoms with van der Waals surface area (Å²) in [5.41, 5.74) is 5.48. The van der Waals surface area contributed by atoms with Gasteiger partial charge in [-0.1, -0.05) is 18.2 Å². The highest BCUT2D eigenvalue weighted by Gasteiger charge is 2.14. The molecule has 0 bridgehead atoms. The number of nitrogens with zero attached hydrogens (tertiary/aromatic N) is 2. The number of rotatable bonds is 5.